The van der Waals surface area contributed by atoms with Crippen LogP contribution in [-0.2, 0) is 18.9 Å². The van der Waals surface area contributed by atoms with Crippen LogP contribution in [0.3, 0.4) is 0 Å². The highest BCUT2D eigenvalue weighted by Gasteiger charge is 2.40. The van der Waals surface area contributed by atoms with Gasteiger partial charge in [-0.15, -0.1) is 0 Å². The molecule has 0 aromatic rings. The van der Waals surface area contributed by atoms with Crippen LogP contribution in [0.15, 0.2) is 0 Å². The lowest BCUT2D eigenvalue weighted by molar-refractivity contribution is -0.302. The lowest BCUT2D eigenvalue weighted by Crippen LogP contribution is -2.52. The molecule has 0 aromatic carbocycles. The summed E-state index contributed by atoms with van der Waals surface area (Å²) in [4.78, 5) is 0. The molecule has 0 aliphatic carbocycles. The standard InChI is InChI=1S/C12H22O4/c1-7-5-13-9(3)15-11(7)12-8(2)6-14-10(4)16-12/h7-12H,5-6H2,1-4H3. The average Bonchev–Trinajstić information content (AvgIpc) is 2.25. The smallest absolute Gasteiger partial charge is 0.155 e. The van der Waals surface area contributed by atoms with E-state index in [1.54, 1.807) is 0 Å². The Morgan fingerprint density at radius 2 is 1.06 bits per heavy atom. The Bertz CT molecular complexity index is 209. The van der Waals surface area contributed by atoms with E-state index in [2.05, 4.69) is 13.8 Å². The van der Waals surface area contributed by atoms with Crippen LogP contribution in [0.25, 0.3) is 0 Å². The quantitative estimate of drug-likeness (QED) is 0.688. The van der Waals surface area contributed by atoms with Crippen molar-refractivity contribution in [1.82, 2.24) is 0 Å². The van der Waals surface area contributed by atoms with Gasteiger partial charge < -0.3 is 18.9 Å². The molecule has 0 N–H and O–H groups in total. The summed E-state index contributed by atoms with van der Waals surface area (Å²) in [6.45, 7) is 9.65. The number of ether oxygens (including phenoxy) is 4. The van der Waals surface area contributed by atoms with E-state index in [0.717, 1.165) is 13.2 Å². The zero-order chi connectivity index (χ0) is 11.7. The fraction of sp³-hybridized carbons (Fsp3) is 1.00. The first-order valence-corrected chi connectivity index (χ1v) is 6.12. The molecule has 94 valence electrons. The molecule has 2 aliphatic heterocycles. The molecule has 6 atom stereocenters. The molecule has 2 heterocycles. The maximum absolute atomic E-state index is 5.85. The van der Waals surface area contributed by atoms with Crippen molar-refractivity contribution in [2.45, 2.75) is 52.5 Å². The van der Waals surface area contributed by atoms with Crippen LogP contribution in [0.1, 0.15) is 27.7 Å². The highest BCUT2D eigenvalue weighted by atomic mass is 16.7. The highest BCUT2D eigenvalue weighted by molar-refractivity contribution is 4.84. The molecule has 2 aliphatic rings. The lowest BCUT2D eigenvalue weighted by Gasteiger charge is -2.43. The van der Waals surface area contributed by atoms with E-state index in [0.29, 0.717) is 11.8 Å². The Hall–Kier alpha value is -0.160. The largest absolute Gasteiger partial charge is 0.353 e. The Kier molecular flexibility index (Phi) is 3.85. The Labute approximate surface area is 97.2 Å². The fourth-order valence-electron chi connectivity index (χ4n) is 2.36. The third-order valence-electron chi connectivity index (χ3n) is 3.33. The van der Waals surface area contributed by atoms with Gasteiger partial charge in [-0.1, -0.05) is 13.8 Å². The van der Waals surface area contributed by atoms with Gasteiger partial charge in [-0.2, -0.15) is 0 Å². The molecule has 2 saturated heterocycles. The maximum atomic E-state index is 5.85. The van der Waals surface area contributed by atoms with Crippen molar-refractivity contribution in [3.05, 3.63) is 0 Å². The number of hydrogen-bond donors (Lipinski definition) is 0. The minimum Gasteiger partial charge on any atom is -0.353 e. The molecule has 0 amide bonds. The third kappa shape index (κ3) is 2.56. The summed E-state index contributed by atoms with van der Waals surface area (Å²) in [5.41, 5.74) is 0. The molecule has 0 aromatic heterocycles. The molecule has 6 unspecified atom stereocenters. The number of rotatable bonds is 1. The zero-order valence-electron chi connectivity index (χ0n) is 10.5. The second-order valence-electron chi connectivity index (χ2n) is 4.96. The normalized spacial score (nSPS) is 50.2. The van der Waals surface area contributed by atoms with Crippen LogP contribution in [0.5, 0.6) is 0 Å². The maximum Gasteiger partial charge on any atom is 0.155 e. The molecule has 2 rings (SSSR count). The minimum atomic E-state index is -0.129. The predicted octanol–water partition coefficient (Wildman–Crippen LogP) is 1.78. The SMILES string of the molecule is CC1OCC(C)C(C2OC(C)OCC2C)O1. The summed E-state index contributed by atoms with van der Waals surface area (Å²) >= 11 is 0. The van der Waals surface area contributed by atoms with E-state index in [1.807, 2.05) is 13.8 Å². The third-order valence-corrected chi connectivity index (χ3v) is 3.33. The van der Waals surface area contributed by atoms with Crippen LogP contribution in [0.4, 0.5) is 0 Å². The van der Waals surface area contributed by atoms with Gasteiger partial charge in [-0.3, -0.25) is 0 Å². The van der Waals surface area contributed by atoms with Crippen molar-refractivity contribution in [3.8, 4) is 0 Å². The van der Waals surface area contributed by atoms with Crippen LogP contribution in [0.2, 0.25) is 0 Å². The molecule has 4 nitrogen and oxygen atoms in total. The van der Waals surface area contributed by atoms with E-state index < -0.39 is 0 Å². The monoisotopic (exact) mass is 230 g/mol. The summed E-state index contributed by atoms with van der Waals surface area (Å²) < 4.78 is 22.6. The molecule has 16 heavy (non-hydrogen) atoms. The van der Waals surface area contributed by atoms with E-state index in [9.17, 15) is 0 Å². The zero-order valence-corrected chi connectivity index (χ0v) is 10.5. The van der Waals surface area contributed by atoms with Crippen molar-refractivity contribution >= 4 is 0 Å². The first-order chi connectivity index (χ1) is 7.58. The molecule has 4 heteroatoms. The van der Waals surface area contributed by atoms with Gasteiger partial charge in [0, 0.05) is 11.8 Å². The summed E-state index contributed by atoms with van der Waals surface area (Å²) in [7, 11) is 0. The summed E-state index contributed by atoms with van der Waals surface area (Å²) in [5, 5.41) is 0. The highest BCUT2D eigenvalue weighted by Crippen LogP contribution is 2.30. The molecule has 0 bridgehead atoms. The van der Waals surface area contributed by atoms with Gasteiger partial charge in [-0.05, 0) is 13.8 Å². The van der Waals surface area contributed by atoms with Gasteiger partial charge in [0.25, 0.3) is 0 Å². The van der Waals surface area contributed by atoms with Crippen molar-refractivity contribution in [3.63, 3.8) is 0 Å². The van der Waals surface area contributed by atoms with Crippen LogP contribution in [0, 0.1) is 11.8 Å². The summed E-state index contributed by atoms with van der Waals surface area (Å²) in [6, 6.07) is 0. The molecular weight excluding hydrogens is 208 g/mol. The predicted molar refractivity (Wildman–Crippen MR) is 58.9 cm³/mol. The average molecular weight is 230 g/mol. The molecule has 0 radical (unpaired) electrons. The van der Waals surface area contributed by atoms with Crippen molar-refractivity contribution in [2.24, 2.45) is 11.8 Å². The lowest BCUT2D eigenvalue weighted by atomic mass is 9.91. The fourth-order valence-corrected chi connectivity index (χ4v) is 2.36. The van der Waals surface area contributed by atoms with E-state index >= 15 is 0 Å². The Balaban J connectivity index is 2.02. The van der Waals surface area contributed by atoms with Crippen molar-refractivity contribution < 1.29 is 18.9 Å². The van der Waals surface area contributed by atoms with Gasteiger partial charge in [-0.25, -0.2) is 0 Å². The second kappa shape index (κ2) is 5.00. The van der Waals surface area contributed by atoms with Crippen LogP contribution < -0.4 is 0 Å². The van der Waals surface area contributed by atoms with Gasteiger partial charge >= 0.3 is 0 Å². The first-order valence-electron chi connectivity index (χ1n) is 6.12. The summed E-state index contributed by atoms with van der Waals surface area (Å²) in [6.07, 6.45) is -0.0273. The Morgan fingerprint density at radius 3 is 1.44 bits per heavy atom. The van der Waals surface area contributed by atoms with E-state index in [1.165, 1.54) is 0 Å². The molecular formula is C12H22O4. The van der Waals surface area contributed by atoms with E-state index in [-0.39, 0.29) is 24.8 Å². The first kappa shape index (κ1) is 12.3. The molecule has 0 spiro atoms. The molecule has 0 saturated carbocycles. The molecule has 2 fully saturated rings. The van der Waals surface area contributed by atoms with Gasteiger partial charge in [0.05, 0.1) is 25.4 Å². The van der Waals surface area contributed by atoms with Crippen molar-refractivity contribution in [2.75, 3.05) is 13.2 Å². The number of hydrogen-bond acceptors (Lipinski definition) is 4. The van der Waals surface area contributed by atoms with Crippen LogP contribution in [-0.4, -0.2) is 38.0 Å². The van der Waals surface area contributed by atoms with Gasteiger partial charge in [0.1, 0.15) is 0 Å². The minimum absolute atomic E-state index is 0.116. The van der Waals surface area contributed by atoms with Gasteiger partial charge in [0.15, 0.2) is 12.6 Å². The summed E-state index contributed by atoms with van der Waals surface area (Å²) in [5.74, 6) is 0.739. The van der Waals surface area contributed by atoms with Crippen molar-refractivity contribution in [1.29, 1.82) is 0 Å². The topological polar surface area (TPSA) is 36.9 Å². The Morgan fingerprint density at radius 1 is 0.688 bits per heavy atom. The second-order valence-corrected chi connectivity index (χ2v) is 4.96. The van der Waals surface area contributed by atoms with Gasteiger partial charge in [0.2, 0.25) is 0 Å². The van der Waals surface area contributed by atoms with E-state index in [4.69, 9.17) is 18.9 Å². The van der Waals surface area contributed by atoms with Crippen LogP contribution >= 0.6 is 0 Å².